The van der Waals surface area contributed by atoms with E-state index in [2.05, 4.69) is 29.0 Å². The summed E-state index contributed by atoms with van der Waals surface area (Å²) < 4.78 is 5.32. The number of carbonyl (C=O) groups is 1. The number of rotatable bonds is 6. The monoisotopic (exact) mass is 312 g/mol. The van der Waals surface area contributed by atoms with Gasteiger partial charge in [-0.05, 0) is 33.1 Å². The first-order chi connectivity index (χ1) is 10.1. The molecule has 3 N–H and O–H groups in total. The predicted molar refractivity (Wildman–Crippen MR) is 86.0 cm³/mol. The minimum atomic E-state index is -0.120. The van der Waals surface area contributed by atoms with Crippen LogP contribution in [-0.4, -0.2) is 43.2 Å². The van der Waals surface area contributed by atoms with Crippen molar-refractivity contribution in [3.05, 3.63) is 4.88 Å². The molecule has 2 unspecified atom stereocenters. The molecule has 1 aliphatic carbocycles. The van der Waals surface area contributed by atoms with Gasteiger partial charge in [0.1, 0.15) is 10.7 Å². The maximum atomic E-state index is 12.3. The van der Waals surface area contributed by atoms with E-state index >= 15 is 0 Å². The van der Waals surface area contributed by atoms with Gasteiger partial charge in [-0.1, -0.05) is 11.3 Å². The minimum absolute atomic E-state index is 0.120. The highest BCUT2D eigenvalue weighted by Crippen LogP contribution is 2.29. The third kappa shape index (κ3) is 3.65. The molecule has 0 bridgehead atoms. The molecule has 1 fully saturated rings. The van der Waals surface area contributed by atoms with Crippen LogP contribution < -0.4 is 16.0 Å². The minimum Gasteiger partial charge on any atom is -0.382 e. The zero-order chi connectivity index (χ0) is 15.4. The van der Waals surface area contributed by atoms with Crippen LogP contribution in [0.5, 0.6) is 0 Å². The standard InChI is InChI=1S/C14H24N4O2S/c1-4-18(5-2)14-17-12(15)11(21-14)13(19)16-9-6-7-10(8-9)20-3/h9-10H,4-8,15H2,1-3H3,(H,16,19). The van der Waals surface area contributed by atoms with Crippen molar-refractivity contribution < 1.29 is 9.53 Å². The summed E-state index contributed by atoms with van der Waals surface area (Å²) in [5.41, 5.74) is 5.90. The average Bonchev–Trinajstić information content (AvgIpc) is 3.07. The number of anilines is 2. The fraction of sp³-hybridized carbons (Fsp3) is 0.714. The summed E-state index contributed by atoms with van der Waals surface area (Å²) in [5.74, 6) is 0.200. The van der Waals surface area contributed by atoms with Crippen LogP contribution in [0.1, 0.15) is 42.8 Å². The number of methoxy groups -OCH3 is 1. The lowest BCUT2D eigenvalue weighted by atomic mass is 10.2. The van der Waals surface area contributed by atoms with Crippen LogP contribution in [0, 0.1) is 0 Å². The topological polar surface area (TPSA) is 80.5 Å². The number of hydrogen-bond acceptors (Lipinski definition) is 6. The zero-order valence-electron chi connectivity index (χ0n) is 12.9. The smallest absolute Gasteiger partial charge is 0.265 e. The predicted octanol–water partition coefficient (Wildman–Crippen LogP) is 1.87. The Bertz CT molecular complexity index is 487. The summed E-state index contributed by atoms with van der Waals surface area (Å²) in [6.45, 7) is 5.82. The van der Waals surface area contributed by atoms with Crippen LogP contribution in [-0.2, 0) is 4.74 Å². The van der Waals surface area contributed by atoms with Gasteiger partial charge in [-0.3, -0.25) is 4.79 Å². The van der Waals surface area contributed by atoms with Crippen LogP contribution in [0.25, 0.3) is 0 Å². The van der Waals surface area contributed by atoms with Gasteiger partial charge in [0.05, 0.1) is 6.10 Å². The van der Waals surface area contributed by atoms with Crippen molar-refractivity contribution >= 4 is 28.2 Å². The number of ether oxygens (including phenoxy) is 1. The van der Waals surface area contributed by atoms with Crippen molar-refractivity contribution in [3.63, 3.8) is 0 Å². The quantitative estimate of drug-likeness (QED) is 0.838. The Morgan fingerprint density at radius 2 is 2.19 bits per heavy atom. The lowest BCUT2D eigenvalue weighted by Gasteiger charge is -2.16. The third-order valence-electron chi connectivity index (χ3n) is 3.94. The Morgan fingerprint density at radius 3 is 2.76 bits per heavy atom. The number of nitrogens with two attached hydrogens (primary N) is 1. The second kappa shape index (κ2) is 7.09. The summed E-state index contributed by atoms with van der Waals surface area (Å²) >= 11 is 1.36. The molecule has 2 rings (SSSR count). The lowest BCUT2D eigenvalue weighted by molar-refractivity contribution is 0.0919. The summed E-state index contributed by atoms with van der Waals surface area (Å²) in [7, 11) is 1.71. The molecule has 1 aromatic rings. The van der Waals surface area contributed by atoms with E-state index in [1.807, 2.05) is 0 Å². The molecule has 0 spiro atoms. The third-order valence-corrected chi connectivity index (χ3v) is 5.07. The second-order valence-electron chi connectivity index (χ2n) is 5.22. The molecule has 0 radical (unpaired) electrons. The van der Waals surface area contributed by atoms with E-state index in [0.29, 0.717) is 10.7 Å². The molecule has 1 aromatic heterocycles. The van der Waals surface area contributed by atoms with E-state index in [-0.39, 0.29) is 18.1 Å². The number of carbonyl (C=O) groups excluding carboxylic acids is 1. The van der Waals surface area contributed by atoms with E-state index in [9.17, 15) is 4.79 Å². The highest BCUT2D eigenvalue weighted by molar-refractivity contribution is 7.18. The highest BCUT2D eigenvalue weighted by Gasteiger charge is 2.27. The molecule has 1 heterocycles. The van der Waals surface area contributed by atoms with Crippen LogP contribution in [0.3, 0.4) is 0 Å². The number of thiazole rings is 1. The van der Waals surface area contributed by atoms with E-state index in [1.165, 1.54) is 11.3 Å². The second-order valence-corrected chi connectivity index (χ2v) is 6.20. The summed E-state index contributed by atoms with van der Waals surface area (Å²) in [6.07, 6.45) is 3.06. The number of hydrogen-bond donors (Lipinski definition) is 2. The molecule has 6 nitrogen and oxygen atoms in total. The molecular weight excluding hydrogens is 288 g/mol. The number of nitrogens with zero attached hydrogens (tertiary/aromatic N) is 2. The van der Waals surface area contributed by atoms with Crippen LogP contribution >= 0.6 is 11.3 Å². The molecule has 2 atom stereocenters. The fourth-order valence-corrected chi connectivity index (χ4v) is 3.66. The molecule has 118 valence electrons. The van der Waals surface area contributed by atoms with Gasteiger partial charge in [-0.15, -0.1) is 0 Å². The van der Waals surface area contributed by atoms with Gasteiger partial charge < -0.3 is 20.7 Å². The highest BCUT2D eigenvalue weighted by atomic mass is 32.1. The normalized spacial score (nSPS) is 21.5. The average molecular weight is 312 g/mol. The van der Waals surface area contributed by atoms with Gasteiger partial charge in [0.15, 0.2) is 5.13 Å². The Kier molecular flexibility index (Phi) is 5.41. The van der Waals surface area contributed by atoms with Crippen LogP contribution in [0.4, 0.5) is 10.9 Å². The van der Waals surface area contributed by atoms with Crippen molar-refractivity contribution in [2.24, 2.45) is 0 Å². The van der Waals surface area contributed by atoms with Crippen molar-refractivity contribution in [1.29, 1.82) is 0 Å². The number of aromatic nitrogens is 1. The lowest BCUT2D eigenvalue weighted by Crippen LogP contribution is -2.33. The summed E-state index contributed by atoms with van der Waals surface area (Å²) in [4.78, 5) is 19.3. The Balaban J connectivity index is 2.02. The van der Waals surface area contributed by atoms with Crippen LogP contribution in [0.2, 0.25) is 0 Å². The van der Waals surface area contributed by atoms with Crippen molar-refractivity contribution in [3.8, 4) is 0 Å². The molecule has 0 aliphatic heterocycles. The zero-order valence-corrected chi connectivity index (χ0v) is 13.7. The van der Waals surface area contributed by atoms with Gasteiger partial charge in [0.2, 0.25) is 0 Å². The van der Waals surface area contributed by atoms with E-state index in [1.54, 1.807) is 7.11 Å². The largest absolute Gasteiger partial charge is 0.382 e. The van der Waals surface area contributed by atoms with E-state index in [4.69, 9.17) is 10.5 Å². The molecule has 0 aromatic carbocycles. The van der Waals surface area contributed by atoms with Crippen LogP contribution in [0.15, 0.2) is 0 Å². The van der Waals surface area contributed by atoms with Crippen molar-refractivity contribution in [2.45, 2.75) is 45.3 Å². The fourth-order valence-electron chi connectivity index (χ4n) is 2.65. The first kappa shape index (κ1) is 16.0. The maximum Gasteiger partial charge on any atom is 0.265 e. The summed E-state index contributed by atoms with van der Waals surface area (Å²) in [6, 6.07) is 0.167. The van der Waals surface area contributed by atoms with Crippen molar-refractivity contribution in [2.75, 3.05) is 30.8 Å². The SMILES string of the molecule is CCN(CC)c1nc(N)c(C(=O)NC2CCC(OC)C2)s1. The first-order valence-electron chi connectivity index (χ1n) is 7.43. The molecule has 7 heteroatoms. The maximum absolute atomic E-state index is 12.3. The molecule has 21 heavy (non-hydrogen) atoms. The molecule has 1 aliphatic rings. The number of amides is 1. The molecule has 1 saturated carbocycles. The van der Waals surface area contributed by atoms with Gasteiger partial charge in [0, 0.05) is 26.2 Å². The van der Waals surface area contributed by atoms with Gasteiger partial charge >= 0.3 is 0 Å². The Labute approximate surface area is 129 Å². The Hall–Kier alpha value is -1.34. The first-order valence-corrected chi connectivity index (χ1v) is 8.25. The van der Waals surface area contributed by atoms with E-state index < -0.39 is 0 Å². The molecular formula is C14H24N4O2S. The molecule has 0 saturated heterocycles. The van der Waals surface area contributed by atoms with Gasteiger partial charge in [0.25, 0.3) is 5.91 Å². The van der Waals surface area contributed by atoms with Gasteiger partial charge in [-0.2, -0.15) is 0 Å². The molecule has 1 amide bonds. The van der Waals surface area contributed by atoms with E-state index in [0.717, 1.165) is 37.5 Å². The number of nitrogens with one attached hydrogen (secondary N) is 1. The van der Waals surface area contributed by atoms with Crippen molar-refractivity contribution in [1.82, 2.24) is 10.3 Å². The summed E-state index contributed by atoms with van der Waals surface area (Å²) in [5, 5.41) is 3.85. The Morgan fingerprint density at radius 1 is 1.48 bits per heavy atom. The van der Waals surface area contributed by atoms with Gasteiger partial charge in [-0.25, -0.2) is 4.98 Å². The number of nitrogen functional groups attached to an aromatic ring is 1.